The minimum atomic E-state index is -3.05. The Balaban J connectivity index is 2.24. The van der Waals surface area contributed by atoms with Gasteiger partial charge in [-0.05, 0) is 36.2 Å². The van der Waals surface area contributed by atoms with E-state index in [1.165, 1.54) is 18.2 Å². The van der Waals surface area contributed by atoms with E-state index in [4.69, 9.17) is 27.9 Å². The number of ether oxygens (including phenoxy) is 1. The van der Waals surface area contributed by atoms with Crippen LogP contribution in [0.2, 0.25) is 10.0 Å². The van der Waals surface area contributed by atoms with E-state index >= 15 is 0 Å². The molecule has 0 bridgehead atoms. The molecule has 2 aromatic carbocycles. The summed E-state index contributed by atoms with van der Waals surface area (Å²) < 4.78 is 45.0. The molecule has 0 saturated carbocycles. The van der Waals surface area contributed by atoms with Crippen LogP contribution in [0.3, 0.4) is 0 Å². The number of aromatic nitrogens is 1. The van der Waals surface area contributed by atoms with Gasteiger partial charge in [-0.25, -0.2) is 9.37 Å². The molecule has 0 unspecified atom stereocenters. The summed E-state index contributed by atoms with van der Waals surface area (Å²) in [6.07, 6.45) is 0.630. The van der Waals surface area contributed by atoms with Crippen molar-refractivity contribution in [2.75, 3.05) is 0 Å². The molecule has 3 rings (SSSR count). The van der Waals surface area contributed by atoms with E-state index in [1.807, 2.05) is 6.92 Å². The number of rotatable bonds is 5. The molecule has 136 valence electrons. The second kappa shape index (κ2) is 7.72. The van der Waals surface area contributed by atoms with Crippen LogP contribution in [-0.4, -0.2) is 11.6 Å². The number of aryl methyl sites for hydroxylation is 1. The SMILES string of the molecule is CCc1nc2c(F)cccc2c(OC(F)F)c1Cc1ccc(Cl)cc1Cl. The summed E-state index contributed by atoms with van der Waals surface area (Å²) in [6.45, 7) is -1.23. The van der Waals surface area contributed by atoms with E-state index in [2.05, 4.69) is 4.98 Å². The lowest BCUT2D eigenvalue weighted by atomic mass is 9.98. The maximum atomic E-state index is 14.1. The number of nitrogens with zero attached hydrogens (tertiary/aromatic N) is 1. The molecule has 0 spiro atoms. The van der Waals surface area contributed by atoms with Gasteiger partial charge in [0.05, 0.1) is 0 Å². The predicted octanol–water partition coefficient (Wildman–Crippen LogP) is 6.44. The number of para-hydroxylation sites is 1. The Labute approximate surface area is 158 Å². The van der Waals surface area contributed by atoms with Gasteiger partial charge in [-0.15, -0.1) is 0 Å². The lowest BCUT2D eigenvalue weighted by Crippen LogP contribution is -2.10. The molecular formula is C19H14Cl2F3NO. The average molecular weight is 400 g/mol. The minimum absolute atomic E-state index is 0.00551. The van der Waals surface area contributed by atoms with Crippen molar-refractivity contribution in [1.82, 2.24) is 4.98 Å². The third-order valence-electron chi connectivity index (χ3n) is 4.02. The number of fused-ring (bicyclic) bond motifs is 1. The molecular weight excluding hydrogens is 386 g/mol. The van der Waals surface area contributed by atoms with Crippen molar-refractivity contribution in [2.45, 2.75) is 26.4 Å². The van der Waals surface area contributed by atoms with Crippen LogP contribution in [0.25, 0.3) is 10.9 Å². The predicted molar refractivity (Wildman–Crippen MR) is 97.0 cm³/mol. The third kappa shape index (κ3) is 3.74. The molecule has 0 N–H and O–H groups in total. The van der Waals surface area contributed by atoms with Crippen LogP contribution in [0.4, 0.5) is 13.2 Å². The van der Waals surface area contributed by atoms with E-state index in [9.17, 15) is 13.2 Å². The second-order valence-electron chi connectivity index (χ2n) is 5.65. The monoisotopic (exact) mass is 399 g/mol. The van der Waals surface area contributed by atoms with Crippen LogP contribution in [0.5, 0.6) is 5.75 Å². The number of hydrogen-bond acceptors (Lipinski definition) is 2. The Kier molecular flexibility index (Phi) is 5.58. The fourth-order valence-electron chi connectivity index (χ4n) is 2.86. The maximum Gasteiger partial charge on any atom is 0.387 e. The first kappa shape index (κ1) is 18.8. The zero-order chi connectivity index (χ0) is 18.8. The summed E-state index contributed by atoms with van der Waals surface area (Å²) in [5, 5.41) is 1.07. The molecule has 0 saturated heterocycles. The lowest BCUT2D eigenvalue weighted by molar-refractivity contribution is -0.0494. The van der Waals surface area contributed by atoms with Crippen molar-refractivity contribution in [3.63, 3.8) is 0 Å². The largest absolute Gasteiger partial charge is 0.434 e. The van der Waals surface area contributed by atoms with Gasteiger partial charge < -0.3 is 4.74 Å². The Morgan fingerprint density at radius 2 is 1.92 bits per heavy atom. The molecule has 1 heterocycles. The van der Waals surface area contributed by atoms with Crippen LogP contribution < -0.4 is 4.74 Å². The Morgan fingerprint density at radius 3 is 2.58 bits per heavy atom. The molecule has 3 aromatic rings. The van der Waals surface area contributed by atoms with Gasteiger partial charge >= 0.3 is 6.61 Å². The van der Waals surface area contributed by atoms with Gasteiger partial charge in [0.15, 0.2) is 0 Å². The van der Waals surface area contributed by atoms with Gasteiger partial charge in [-0.2, -0.15) is 8.78 Å². The molecule has 0 aliphatic rings. The number of hydrogen-bond donors (Lipinski definition) is 0. The van der Waals surface area contributed by atoms with Crippen molar-refractivity contribution in [2.24, 2.45) is 0 Å². The summed E-state index contributed by atoms with van der Waals surface area (Å²) in [7, 11) is 0. The summed E-state index contributed by atoms with van der Waals surface area (Å²) in [6, 6.07) is 9.13. The molecule has 0 aliphatic carbocycles. The number of alkyl halides is 2. The number of halogens is 5. The molecule has 7 heteroatoms. The molecule has 0 amide bonds. The van der Waals surface area contributed by atoms with Crippen LogP contribution in [-0.2, 0) is 12.8 Å². The normalized spacial score (nSPS) is 11.3. The minimum Gasteiger partial charge on any atom is -0.434 e. The molecule has 1 aromatic heterocycles. The zero-order valence-electron chi connectivity index (χ0n) is 13.7. The third-order valence-corrected chi connectivity index (χ3v) is 4.61. The van der Waals surface area contributed by atoms with Crippen LogP contribution >= 0.6 is 23.2 Å². The Bertz CT molecular complexity index is 963. The van der Waals surface area contributed by atoms with Crippen molar-refractivity contribution in [3.8, 4) is 5.75 Å². The van der Waals surface area contributed by atoms with E-state index < -0.39 is 12.4 Å². The van der Waals surface area contributed by atoms with E-state index in [0.29, 0.717) is 33.3 Å². The highest BCUT2D eigenvalue weighted by Crippen LogP contribution is 2.36. The van der Waals surface area contributed by atoms with E-state index in [1.54, 1.807) is 18.2 Å². The molecule has 0 atom stereocenters. The van der Waals surface area contributed by atoms with Crippen molar-refractivity contribution >= 4 is 34.1 Å². The topological polar surface area (TPSA) is 22.1 Å². The highest BCUT2D eigenvalue weighted by molar-refractivity contribution is 6.35. The Hall–Kier alpha value is -1.98. The van der Waals surface area contributed by atoms with Crippen molar-refractivity contribution < 1.29 is 17.9 Å². The van der Waals surface area contributed by atoms with Gasteiger partial charge in [0, 0.05) is 33.1 Å². The summed E-state index contributed by atoms with van der Waals surface area (Å²) >= 11 is 12.1. The lowest BCUT2D eigenvalue weighted by Gasteiger charge is -2.18. The summed E-state index contributed by atoms with van der Waals surface area (Å²) in [5.41, 5.74) is 1.62. The van der Waals surface area contributed by atoms with Crippen molar-refractivity contribution in [1.29, 1.82) is 0 Å². The zero-order valence-corrected chi connectivity index (χ0v) is 15.2. The van der Waals surface area contributed by atoms with Crippen LogP contribution in [0.1, 0.15) is 23.7 Å². The molecule has 0 radical (unpaired) electrons. The highest BCUT2D eigenvalue weighted by Gasteiger charge is 2.21. The summed E-state index contributed by atoms with van der Waals surface area (Å²) in [5.74, 6) is -0.667. The second-order valence-corrected chi connectivity index (χ2v) is 6.49. The molecule has 2 nitrogen and oxygen atoms in total. The van der Waals surface area contributed by atoms with E-state index in [0.717, 1.165) is 0 Å². The van der Waals surface area contributed by atoms with Gasteiger partial charge in [0.2, 0.25) is 0 Å². The fraction of sp³-hybridized carbons (Fsp3) is 0.211. The number of pyridine rings is 1. The van der Waals surface area contributed by atoms with Crippen LogP contribution in [0, 0.1) is 5.82 Å². The fourth-order valence-corrected chi connectivity index (χ4v) is 3.34. The molecule has 0 fully saturated rings. The Morgan fingerprint density at radius 1 is 1.15 bits per heavy atom. The first-order valence-corrected chi connectivity index (χ1v) is 8.65. The van der Waals surface area contributed by atoms with Gasteiger partial charge in [-0.3, -0.25) is 0 Å². The average Bonchev–Trinajstić information content (AvgIpc) is 2.58. The van der Waals surface area contributed by atoms with Gasteiger partial charge in [-0.1, -0.05) is 42.3 Å². The summed E-state index contributed by atoms with van der Waals surface area (Å²) in [4.78, 5) is 4.34. The van der Waals surface area contributed by atoms with Crippen LogP contribution in [0.15, 0.2) is 36.4 Å². The standard InChI is InChI=1S/C19H14Cl2F3NO/c1-2-16-13(8-10-6-7-11(20)9-14(10)21)18(26-19(23)24)12-4-3-5-15(22)17(12)25-16/h3-7,9,19H,2,8H2,1H3. The molecule has 26 heavy (non-hydrogen) atoms. The number of benzene rings is 2. The highest BCUT2D eigenvalue weighted by atomic mass is 35.5. The quantitative estimate of drug-likeness (QED) is 0.492. The first-order valence-electron chi connectivity index (χ1n) is 7.89. The smallest absolute Gasteiger partial charge is 0.387 e. The van der Waals surface area contributed by atoms with Crippen molar-refractivity contribution in [3.05, 3.63) is 69.1 Å². The van der Waals surface area contributed by atoms with Gasteiger partial charge in [0.1, 0.15) is 17.1 Å². The maximum absolute atomic E-state index is 14.1. The van der Waals surface area contributed by atoms with E-state index in [-0.39, 0.29) is 23.1 Å². The van der Waals surface area contributed by atoms with Gasteiger partial charge in [0.25, 0.3) is 0 Å². The molecule has 0 aliphatic heterocycles. The first-order chi connectivity index (χ1) is 12.4.